The Hall–Kier alpha value is -2.24. The average molecular weight is 225 g/mol. The molecule has 0 heterocycles. The second-order valence-corrected chi connectivity index (χ2v) is 3.06. The van der Waals surface area contributed by atoms with Crippen LogP contribution in [0.1, 0.15) is 17.3 Å². The molecule has 0 unspecified atom stereocenters. The average Bonchev–Trinajstić information content (AvgIpc) is 2.21. The van der Waals surface area contributed by atoms with E-state index in [-0.39, 0.29) is 11.3 Å². The predicted octanol–water partition coefficient (Wildman–Crippen LogP) is 0.843. The molecule has 86 valence electrons. The summed E-state index contributed by atoms with van der Waals surface area (Å²) in [5.41, 5.74) is -0.147. The molecule has 3 N–H and O–H groups in total. The van der Waals surface area contributed by atoms with E-state index in [4.69, 9.17) is 0 Å². The zero-order chi connectivity index (χ0) is 12.3. The quantitative estimate of drug-likeness (QED) is 0.512. The van der Waals surface area contributed by atoms with Crippen molar-refractivity contribution in [1.82, 2.24) is 0 Å². The summed E-state index contributed by atoms with van der Waals surface area (Å²) in [6, 6.07) is 2.19. The maximum Gasteiger partial charge on any atom is 0.338 e. The number of carbonyl (C=O) groups is 2. The normalized spacial score (nSPS) is 9.62. The summed E-state index contributed by atoms with van der Waals surface area (Å²) in [5.74, 6) is -1.96. The molecule has 0 atom stereocenters. The molecule has 0 aliphatic carbocycles. The number of rotatable bonds is 2. The zero-order valence-electron chi connectivity index (χ0n) is 8.77. The van der Waals surface area contributed by atoms with Gasteiger partial charge in [0.2, 0.25) is 5.91 Å². The number of phenols is 2. The number of amides is 1. The molecule has 0 spiro atoms. The second kappa shape index (κ2) is 4.52. The smallest absolute Gasteiger partial charge is 0.338 e. The Labute approximate surface area is 91.5 Å². The van der Waals surface area contributed by atoms with Gasteiger partial charge in [-0.3, -0.25) is 4.79 Å². The van der Waals surface area contributed by atoms with Gasteiger partial charge in [0.05, 0.1) is 12.7 Å². The van der Waals surface area contributed by atoms with Crippen LogP contribution in [0.25, 0.3) is 0 Å². The van der Waals surface area contributed by atoms with Gasteiger partial charge in [-0.2, -0.15) is 0 Å². The van der Waals surface area contributed by atoms with Crippen molar-refractivity contribution in [3.05, 3.63) is 17.7 Å². The lowest BCUT2D eigenvalue weighted by Crippen LogP contribution is -2.07. The largest absolute Gasteiger partial charge is 0.506 e. The lowest BCUT2D eigenvalue weighted by molar-refractivity contribution is -0.114. The van der Waals surface area contributed by atoms with Gasteiger partial charge in [-0.05, 0) is 12.1 Å². The second-order valence-electron chi connectivity index (χ2n) is 3.06. The summed E-state index contributed by atoms with van der Waals surface area (Å²) in [5, 5.41) is 21.2. The maximum atomic E-state index is 11.1. The van der Waals surface area contributed by atoms with E-state index in [1.54, 1.807) is 0 Å². The number of hydrogen-bond donors (Lipinski definition) is 3. The van der Waals surface area contributed by atoms with E-state index in [2.05, 4.69) is 10.1 Å². The van der Waals surface area contributed by atoms with Crippen LogP contribution in [0.2, 0.25) is 0 Å². The summed E-state index contributed by atoms with van der Waals surface area (Å²) in [6.45, 7) is 1.23. The van der Waals surface area contributed by atoms with Gasteiger partial charge in [0.25, 0.3) is 0 Å². The molecule has 1 aromatic rings. The molecule has 6 nitrogen and oxygen atoms in total. The van der Waals surface area contributed by atoms with Gasteiger partial charge in [0.15, 0.2) is 0 Å². The van der Waals surface area contributed by atoms with Crippen molar-refractivity contribution in [1.29, 1.82) is 0 Å². The van der Waals surface area contributed by atoms with Crippen LogP contribution in [0.5, 0.6) is 11.5 Å². The van der Waals surface area contributed by atoms with Crippen LogP contribution in [-0.4, -0.2) is 29.2 Å². The van der Waals surface area contributed by atoms with Gasteiger partial charge in [0.1, 0.15) is 17.2 Å². The molecule has 0 aliphatic rings. The van der Waals surface area contributed by atoms with Crippen molar-refractivity contribution < 1.29 is 24.5 Å². The van der Waals surface area contributed by atoms with Crippen molar-refractivity contribution in [2.75, 3.05) is 12.4 Å². The third kappa shape index (κ3) is 2.41. The molecule has 0 radical (unpaired) electrons. The van der Waals surface area contributed by atoms with Crippen LogP contribution in [0.15, 0.2) is 12.1 Å². The maximum absolute atomic E-state index is 11.1. The minimum absolute atomic E-state index is 0.00778. The monoisotopic (exact) mass is 225 g/mol. The number of hydrogen-bond acceptors (Lipinski definition) is 5. The Morgan fingerprint density at radius 1 is 1.25 bits per heavy atom. The van der Waals surface area contributed by atoms with E-state index in [1.165, 1.54) is 14.0 Å². The number of benzene rings is 1. The number of methoxy groups -OCH3 is 1. The fourth-order valence-corrected chi connectivity index (χ4v) is 1.15. The highest BCUT2D eigenvalue weighted by molar-refractivity contribution is 5.96. The molecule has 6 heteroatoms. The standard InChI is InChI=1S/C10H11NO5/c1-5(12)11-9-7(13)3-6(4-8(9)14)10(15)16-2/h3-4,13-14H,1-2H3,(H,11,12). The molecule has 0 saturated carbocycles. The summed E-state index contributed by atoms with van der Waals surface area (Å²) < 4.78 is 4.42. The number of anilines is 1. The molecule has 0 bridgehead atoms. The van der Waals surface area contributed by atoms with E-state index in [1.807, 2.05) is 0 Å². The Kier molecular flexibility index (Phi) is 3.34. The van der Waals surface area contributed by atoms with Crippen LogP contribution in [0.3, 0.4) is 0 Å². The van der Waals surface area contributed by atoms with Crippen LogP contribution >= 0.6 is 0 Å². The number of ether oxygens (including phenoxy) is 1. The Morgan fingerprint density at radius 3 is 2.12 bits per heavy atom. The lowest BCUT2D eigenvalue weighted by atomic mass is 10.1. The van der Waals surface area contributed by atoms with Gasteiger partial charge in [-0.25, -0.2) is 4.79 Å². The van der Waals surface area contributed by atoms with Crippen molar-refractivity contribution in [3.63, 3.8) is 0 Å². The number of carbonyl (C=O) groups excluding carboxylic acids is 2. The van der Waals surface area contributed by atoms with Gasteiger partial charge in [-0.15, -0.1) is 0 Å². The van der Waals surface area contributed by atoms with E-state index >= 15 is 0 Å². The molecule has 0 aliphatic heterocycles. The van der Waals surface area contributed by atoms with Crippen LogP contribution < -0.4 is 5.32 Å². The minimum Gasteiger partial charge on any atom is -0.506 e. The highest BCUT2D eigenvalue weighted by atomic mass is 16.5. The predicted molar refractivity (Wildman–Crippen MR) is 55.4 cm³/mol. The summed E-state index contributed by atoms with van der Waals surface area (Å²) in [4.78, 5) is 21.9. The Balaban J connectivity index is 3.17. The van der Waals surface area contributed by atoms with Gasteiger partial charge in [0, 0.05) is 6.92 Å². The number of esters is 1. The van der Waals surface area contributed by atoms with Crippen molar-refractivity contribution in [2.24, 2.45) is 0 Å². The van der Waals surface area contributed by atoms with Crippen molar-refractivity contribution >= 4 is 17.6 Å². The van der Waals surface area contributed by atoms with Crippen molar-refractivity contribution in [3.8, 4) is 11.5 Å². The first-order chi connectivity index (χ1) is 7.45. The highest BCUT2D eigenvalue weighted by Gasteiger charge is 2.15. The Bertz CT molecular complexity index is 418. The third-order valence-corrected chi connectivity index (χ3v) is 1.82. The number of nitrogens with one attached hydrogen (secondary N) is 1. The van der Waals surface area contributed by atoms with E-state index in [9.17, 15) is 19.8 Å². The third-order valence-electron chi connectivity index (χ3n) is 1.82. The number of aromatic hydroxyl groups is 2. The summed E-state index contributed by atoms with van der Waals surface area (Å²) >= 11 is 0. The van der Waals surface area contributed by atoms with Gasteiger partial charge in [-0.1, -0.05) is 0 Å². The fourth-order valence-electron chi connectivity index (χ4n) is 1.15. The van der Waals surface area contributed by atoms with E-state index in [0.29, 0.717) is 0 Å². The minimum atomic E-state index is -0.694. The molecule has 0 aromatic heterocycles. The molecule has 1 amide bonds. The molecular formula is C10H11NO5. The fraction of sp³-hybridized carbons (Fsp3) is 0.200. The first-order valence-electron chi connectivity index (χ1n) is 4.37. The van der Waals surface area contributed by atoms with Gasteiger partial charge < -0.3 is 20.3 Å². The molecule has 16 heavy (non-hydrogen) atoms. The molecule has 0 fully saturated rings. The number of phenolic OH excluding ortho intramolecular Hbond substituents is 2. The topological polar surface area (TPSA) is 95.9 Å². The molecule has 1 aromatic carbocycles. The van der Waals surface area contributed by atoms with Crippen LogP contribution in [0.4, 0.5) is 5.69 Å². The lowest BCUT2D eigenvalue weighted by Gasteiger charge is -2.09. The van der Waals surface area contributed by atoms with Crippen LogP contribution in [0, 0.1) is 0 Å². The molecular weight excluding hydrogens is 214 g/mol. The first-order valence-corrected chi connectivity index (χ1v) is 4.37. The molecule has 1 rings (SSSR count). The zero-order valence-corrected chi connectivity index (χ0v) is 8.77. The SMILES string of the molecule is COC(=O)c1cc(O)c(NC(C)=O)c(O)c1. The summed E-state index contributed by atoms with van der Waals surface area (Å²) in [7, 11) is 1.18. The Morgan fingerprint density at radius 2 is 1.75 bits per heavy atom. The van der Waals surface area contributed by atoms with E-state index in [0.717, 1.165) is 12.1 Å². The van der Waals surface area contributed by atoms with E-state index < -0.39 is 23.4 Å². The first kappa shape index (κ1) is 11.8. The van der Waals surface area contributed by atoms with Gasteiger partial charge >= 0.3 is 5.97 Å². The summed E-state index contributed by atoms with van der Waals surface area (Å²) in [6.07, 6.45) is 0. The highest BCUT2D eigenvalue weighted by Crippen LogP contribution is 2.34. The van der Waals surface area contributed by atoms with Crippen molar-refractivity contribution in [2.45, 2.75) is 6.92 Å². The van der Waals surface area contributed by atoms with Crippen LogP contribution in [-0.2, 0) is 9.53 Å². The molecule has 0 saturated heterocycles.